The Kier molecular flexibility index (Phi) is 8.31. The number of aliphatic hydroxyl groups is 1. The van der Waals surface area contributed by atoms with Crippen LogP contribution in [0.1, 0.15) is 48.9 Å². The van der Waals surface area contributed by atoms with Crippen LogP contribution in [0.5, 0.6) is 5.75 Å². The van der Waals surface area contributed by atoms with Crippen molar-refractivity contribution < 1.29 is 31.8 Å². The van der Waals surface area contributed by atoms with Gasteiger partial charge in [0, 0.05) is 44.1 Å². The fourth-order valence-corrected chi connectivity index (χ4v) is 6.25. The van der Waals surface area contributed by atoms with E-state index < -0.39 is 41.3 Å². The third-order valence-electron chi connectivity index (χ3n) is 8.06. The van der Waals surface area contributed by atoms with Crippen molar-refractivity contribution >= 4 is 38.8 Å². The Hall–Kier alpha value is -3.19. The molecular formula is C27H35F2N5O5S. The monoisotopic (exact) mass is 579 g/mol. The SMILES string of the molecule is O=C(Nc1ccc(OCF)c(N2CCC(F)CC2)c1)c1cnc(NS(=O)(=O)CCO)cc1N1CCC2(CC1)CC2. The second-order valence-corrected chi connectivity index (χ2v) is 12.6. The van der Waals surface area contributed by atoms with Gasteiger partial charge in [0.1, 0.15) is 17.7 Å². The number of alkyl halides is 2. The highest BCUT2D eigenvalue weighted by atomic mass is 32.2. The molecule has 1 aromatic carbocycles. The fourth-order valence-electron chi connectivity index (χ4n) is 5.48. The van der Waals surface area contributed by atoms with Gasteiger partial charge in [0.15, 0.2) is 0 Å². The van der Waals surface area contributed by atoms with Gasteiger partial charge >= 0.3 is 0 Å². The molecule has 3 fully saturated rings. The topological polar surface area (TPSA) is 124 Å². The largest absolute Gasteiger partial charge is 0.461 e. The number of aromatic nitrogens is 1. The minimum atomic E-state index is -3.80. The molecule has 1 aliphatic carbocycles. The molecule has 10 nitrogen and oxygen atoms in total. The van der Waals surface area contributed by atoms with Crippen LogP contribution in [-0.4, -0.2) is 76.0 Å². The first-order valence-electron chi connectivity index (χ1n) is 13.6. The second kappa shape index (κ2) is 11.7. The van der Waals surface area contributed by atoms with Gasteiger partial charge in [0.05, 0.1) is 29.3 Å². The van der Waals surface area contributed by atoms with Crippen molar-refractivity contribution in [3.63, 3.8) is 0 Å². The number of nitrogens with zero attached hydrogens (tertiary/aromatic N) is 3. The molecular weight excluding hydrogens is 544 g/mol. The first-order valence-corrected chi connectivity index (χ1v) is 15.3. The molecule has 3 heterocycles. The Morgan fingerprint density at radius 3 is 2.42 bits per heavy atom. The number of pyridine rings is 1. The van der Waals surface area contributed by atoms with E-state index in [9.17, 15) is 22.0 Å². The van der Waals surface area contributed by atoms with Gasteiger partial charge in [-0.1, -0.05) is 0 Å². The summed E-state index contributed by atoms with van der Waals surface area (Å²) in [5.74, 6) is -0.530. The summed E-state index contributed by atoms with van der Waals surface area (Å²) in [7, 11) is -3.80. The molecule has 0 radical (unpaired) electrons. The molecule has 2 saturated heterocycles. The lowest BCUT2D eigenvalue weighted by Crippen LogP contribution is -2.36. The lowest BCUT2D eigenvalue weighted by molar-refractivity contribution is 0.102. The van der Waals surface area contributed by atoms with Gasteiger partial charge in [-0.15, -0.1) is 0 Å². The van der Waals surface area contributed by atoms with Gasteiger partial charge in [0.2, 0.25) is 16.9 Å². The predicted octanol–water partition coefficient (Wildman–Crippen LogP) is 3.69. The number of hydrogen-bond acceptors (Lipinski definition) is 8. The summed E-state index contributed by atoms with van der Waals surface area (Å²) in [6.45, 7) is 0.811. The molecule has 3 N–H and O–H groups in total. The number of hydrogen-bond donors (Lipinski definition) is 3. The molecule has 3 aliphatic rings. The van der Waals surface area contributed by atoms with Crippen LogP contribution in [0.25, 0.3) is 0 Å². The number of nitrogens with one attached hydrogen (secondary N) is 2. The van der Waals surface area contributed by atoms with Crippen molar-refractivity contribution in [1.29, 1.82) is 0 Å². The predicted molar refractivity (Wildman–Crippen MR) is 149 cm³/mol. The standard InChI is InChI=1S/C27H35F2N5O5S/c28-18-39-24-2-1-20(15-23(24)33-9-3-19(29)4-10-33)31-26(36)21-17-30-25(32-40(37,38)14-13-35)16-22(21)34-11-7-27(5-6-27)8-12-34/h1-2,15-17,19,35H,3-14,18H2,(H,30,32)(H,31,36). The summed E-state index contributed by atoms with van der Waals surface area (Å²) in [5.41, 5.74) is 2.25. The highest BCUT2D eigenvalue weighted by Gasteiger charge is 2.44. The lowest BCUT2D eigenvalue weighted by Gasteiger charge is -2.35. The maximum atomic E-state index is 13.7. The number of carbonyl (C=O) groups excluding carboxylic acids is 1. The summed E-state index contributed by atoms with van der Waals surface area (Å²) in [4.78, 5) is 21.7. The molecule has 2 aliphatic heterocycles. The third-order valence-corrected chi connectivity index (χ3v) is 9.30. The van der Waals surface area contributed by atoms with E-state index in [4.69, 9.17) is 9.84 Å². The summed E-state index contributed by atoms with van der Waals surface area (Å²) in [6, 6.07) is 6.42. The van der Waals surface area contributed by atoms with Crippen LogP contribution in [0.3, 0.4) is 0 Å². The highest BCUT2D eigenvalue weighted by Crippen LogP contribution is 2.54. The normalized spacial score (nSPS) is 19.0. The van der Waals surface area contributed by atoms with Crippen LogP contribution in [0.15, 0.2) is 30.5 Å². The molecule has 1 spiro atoms. The zero-order chi connectivity index (χ0) is 28.3. The average Bonchev–Trinajstić information content (AvgIpc) is 3.68. The number of carbonyl (C=O) groups is 1. The number of halogens is 2. The summed E-state index contributed by atoms with van der Waals surface area (Å²) >= 11 is 0. The lowest BCUT2D eigenvalue weighted by atomic mass is 9.93. The Morgan fingerprint density at radius 2 is 1.77 bits per heavy atom. The maximum Gasteiger partial charge on any atom is 0.259 e. The Balaban J connectivity index is 1.40. The summed E-state index contributed by atoms with van der Waals surface area (Å²) in [5, 5.41) is 11.9. The summed E-state index contributed by atoms with van der Waals surface area (Å²) < 4.78 is 58.7. The van der Waals surface area contributed by atoms with Gasteiger partial charge in [-0.05, 0) is 62.1 Å². The van der Waals surface area contributed by atoms with Crippen molar-refractivity contribution in [2.45, 2.75) is 44.7 Å². The number of rotatable bonds is 10. The van der Waals surface area contributed by atoms with E-state index in [1.165, 1.54) is 19.0 Å². The molecule has 0 bridgehead atoms. The quantitative estimate of drug-likeness (QED) is 0.390. The van der Waals surface area contributed by atoms with Crippen LogP contribution in [0.4, 0.5) is 31.7 Å². The van der Waals surface area contributed by atoms with E-state index in [0.29, 0.717) is 54.2 Å². The summed E-state index contributed by atoms with van der Waals surface area (Å²) in [6.07, 6.45) is 5.59. The highest BCUT2D eigenvalue weighted by molar-refractivity contribution is 7.92. The molecule has 40 heavy (non-hydrogen) atoms. The van der Waals surface area contributed by atoms with Crippen LogP contribution in [-0.2, 0) is 10.0 Å². The van der Waals surface area contributed by atoms with Gasteiger partial charge in [-0.2, -0.15) is 0 Å². The number of anilines is 4. The molecule has 0 unspecified atom stereocenters. The van der Waals surface area contributed by atoms with E-state index in [1.807, 2.05) is 4.90 Å². The molecule has 1 aromatic heterocycles. The zero-order valence-electron chi connectivity index (χ0n) is 22.2. The number of ether oxygens (including phenoxy) is 1. The van der Waals surface area contributed by atoms with Gasteiger partial charge in [0.25, 0.3) is 5.91 Å². The van der Waals surface area contributed by atoms with E-state index in [2.05, 4.69) is 19.9 Å². The first kappa shape index (κ1) is 28.3. The minimum absolute atomic E-state index is 0.0676. The van der Waals surface area contributed by atoms with Crippen LogP contribution in [0.2, 0.25) is 0 Å². The van der Waals surface area contributed by atoms with Gasteiger partial charge in [-0.25, -0.2) is 22.2 Å². The molecule has 2 aromatic rings. The van der Waals surface area contributed by atoms with E-state index in [0.717, 1.165) is 25.9 Å². The Morgan fingerprint density at radius 1 is 1.07 bits per heavy atom. The number of benzene rings is 1. The average molecular weight is 580 g/mol. The first-order chi connectivity index (χ1) is 19.2. The minimum Gasteiger partial charge on any atom is -0.461 e. The molecule has 218 valence electrons. The number of piperidine rings is 2. The van der Waals surface area contributed by atoms with Crippen molar-refractivity contribution in [3.8, 4) is 5.75 Å². The number of sulfonamides is 1. The number of amides is 1. The van der Waals surface area contributed by atoms with E-state index in [1.54, 1.807) is 24.3 Å². The Labute approximate surface area is 232 Å². The van der Waals surface area contributed by atoms with Gasteiger partial charge < -0.3 is 25.0 Å². The van der Waals surface area contributed by atoms with Crippen molar-refractivity contribution in [2.24, 2.45) is 5.41 Å². The molecule has 1 amide bonds. The zero-order valence-corrected chi connectivity index (χ0v) is 23.1. The Bertz CT molecular complexity index is 1320. The third kappa shape index (κ3) is 6.57. The van der Waals surface area contributed by atoms with Crippen molar-refractivity contribution in [2.75, 3.05) is 65.2 Å². The molecule has 13 heteroatoms. The van der Waals surface area contributed by atoms with Crippen LogP contribution >= 0.6 is 0 Å². The molecule has 0 atom stereocenters. The van der Waals surface area contributed by atoms with E-state index in [-0.39, 0.29) is 11.4 Å². The van der Waals surface area contributed by atoms with Crippen LogP contribution < -0.4 is 24.6 Å². The molecule has 5 rings (SSSR count). The van der Waals surface area contributed by atoms with E-state index >= 15 is 0 Å². The van der Waals surface area contributed by atoms with Crippen LogP contribution in [0, 0.1) is 5.41 Å². The van der Waals surface area contributed by atoms with Crippen molar-refractivity contribution in [1.82, 2.24) is 4.98 Å². The smallest absolute Gasteiger partial charge is 0.259 e. The van der Waals surface area contributed by atoms with Gasteiger partial charge in [-0.3, -0.25) is 9.52 Å². The van der Waals surface area contributed by atoms with Crippen molar-refractivity contribution in [3.05, 3.63) is 36.0 Å². The number of aliphatic hydroxyl groups excluding tert-OH is 1. The maximum absolute atomic E-state index is 13.7. The molecule has 1 saturated carbocycles. The second-order valence-electron chi connectivity index (χ2n) is 10.8. The fraction of sp³-hybridized carbons (Fsp3) is 0.556.